The molecule has 1 rings (SSSR count). The zero-order chi connectivity index (χ0) is 12.1. The van der Waals surface area contributed by atoms with Crippen molar-refractivity contribution in [3.63, 3.8) is 0 Å². The van der Waals surface area contributed by atoms with Crippen LogP contribution in [0.1, 0.15) is 32.3 Å². The Morgan fingerprint density at radius 1 is 1.50 bits per heavy atom. The van der Waals surface area contributed by atoms with Crippen LogP contribution in [0.25, 0.3) is 0 Å². The molecule has 0 bridgehead atoms. The maximum absolute atomic E-state index is 13.0. The van der Waals surface area contributed by atoms with E-state index in [0.29, 0.717) is 11.6 Å². The first kappa shape index (κ1) is 12.5. The Balaban J connectivity index is 2.99. The molecule has 0 saturated carbocycles. The van der Waals surface area contributed by atoms with Crippen molar-refractivity contribution in [3.8, 4) is 6.07 Å². The summed E-state index contributed by atoms with van der Waals surface area (Å²) in [7, 11) is 1.94. The Kier molecular flexibility index (Phi) is 4.30. The molecule has 3 heteroatoms. The second kappa shape index (κ2) is 5.50. The summed E-state index contributed by atoms with van der Waals surface area (Å²) < 4.78 is 13.0. The number of halogens is 1. The first-order chi connectivity index (χ1) is 7.60. The predicted octanol–water partition coefficient (Wildman–Crippen LogP) is 3.32. The van der Waals surface area contributed by atoms with Crippen LogP contribution < -0.4 is 4.90 Å². The molecule has 0 spiro atoms. The molecular weight excluding hydrogens is 203 g/mol. The lowest BCUT2D eigenvalue weighted by Crippen LogP contribution is -2.29. The maximum Gasteiger partial charge on any atom is 0.124 e. The molecule has 0 saturated heterocycles. The highest BCUT2D eigenvalue weighted by Crippen LogP contribution is 2.22. The Morgan fingerprint density at radius 3 is 2.75 bits per heavy atom. The minimum Gasteiger partial charge on any atom is -0.371 e. The number of benzene rings is 1. The normalized spacial score (nSPS) is 11.9. The van der Waals surface area contributed by atoms with Crippen molar-refractivity contribution < 1.29 is 4.39 Å². The van der Waals surface area contributed by atoms with Crippen molar-refractivity contribution in [2.75, 3.05) is 11.9 Å². The van der Waals surface area contributed by atoms with E-state index in [4.69, 9.17) is 5.26 Å². The third kappa shape index (κ3) is 2.73. The van der Waals surface area contributed by atoms with Crippen molar-refractivity contribution in [1.29, 1.82) is 5.26 Å². The molecule has 1 aromatic rings. The van der Waals surface area contributed by atoms with E-state index < -0.39 is 0 Å². The summed E-state index contributed by atoms with van der Waals surface area (Å²) >= 11 is 0. The lowest BCUT2D eigenvalue weighted by atomic mass is 10.1. The van der Waals surface area contributed by atoms with Crippen LogP contribution in [0.2, 0.25) is 0 Å². The van der Waals surface area contributed by atoms with Gasteiger partial charge in [-0.15, -0.1) is 0 Å². The van der Waals surface area contributed by atoms with Crippen LogP contribution in [0.3, 0.4) is 0 Å². The van der Waals surface area contributed by atoms with Crippen LogP contribution in [0, 0.1) is 17.1 Å². The largest absolute Gasteiger partial charge is 0.371 e. The van der Waals surface area contributed by atoms with E-state index in [-0.39, 0.29) is 5.82 Å². The molecule has 2 nitrogen and oxygen atoms in total. The van der Waals surface area contributed by atoms with Gasteiger partial charge in [-0.1, -0.05) is 13.3 Å². The van der Waals surface area contributed by atoms with Gasteiger partial charge in [-0.3, -0.25) is 0 Å². The van der Waals surface area contributed by atoms with Gasteiger partial charge >= 0.3 is 0 Å². The zero-order valence-corrected chi connectivity index (χ0v) is 10.00. The predicted molar refractivity (Wildman–Crippen MR) is 63.9 cm³/mol. The van der Waals surface area contributed by atoms with Crippen molar-refractivity contribution in [1.82, 2.24) is 0 Å². The molecule has 86 valence electrons. The molecule has 0 amide bonds. The van der Waals surface area contributed by atoms with E-state index in [9.17, 15) is 4.39 Å². The molecule has 0 fully saturated rings. The maximum atomic E-state index is 13.0. The Bertz CT molecular complexity index is 395. The summed E-state index contributed by atoms with van der Waals surface area (Å²) in [5.41, 5.74) is 1.19. The average Bonchev–Trinajstić information content (AvgIpc) is 2.28. The summed E-state index contributed by atoms with van der Waals surface area (Å²) in [4.78, 5) is 2.03. The van der Waals surface area contributed by atoms with Gasteiger partial charge in [0.25, 0.3) is 0 Å². The van der Waals surface area contributed by atoms with Crippen molar-refractivity contribution in [2.45, 2.75) is 32.7 Å². The van der Waals surface area contributed by atoms with Gasteiger partial charge in [0.1, 0.15) is 11.9 Å². The quantitative estimate of drug-likeness (QED) is 0.778. The number of hydrogen-bond donors (Lipinski definition) is 0. The average molecular weight is 220 g/mol. The summed E-state index contributed by atoms with van der Waals surface area (Å²) in [5.74, 6) is -0.364. The summed E-state index contributed by atoms with van der Waals surface area (Å²) in [6.45, 7) is 4.23. The SMILES string of the molecule is CCCC(C)N(C)c1ccc(F)cc1C#N. The molecule has 16 heavy (non-hydrogen) atoms. The first-order valence-corrected chi connectivity index (χ1v) is 5.52. The number of anilines is 1. The smallest absolute Gasteiger partial charge is 0.124 e. The fourth-order valence-corrected chi connectivity index (χ4v) is 1.75. The summed E-state index contributed by atoms with van der Waals surface area (Å²) in [6, 6.07) is 6.73. The molecule has 0 aliphatic rings. The minimum absolute atomic E-state index is 0.350. The monoisotopic (exact) mass is 220 g/mol. The molecular formula is C13H17FN2. The summed E-state index contributed by atoms with van der Waals surface area (Å²) in [6.07, 6.45) is 2.15. The van der Waals surface area contributed by atoms with Gasteiger partial charge in [0.05, 0.1) is 11.3 Å². The van der Waals surface area contributed by atoms with E-state index in [1.165, 1.54) is 12.1 Å². The Labute approximate surface area is 96.3 Å². The fraction of sp³-hybridized carbons (Fsp3) is 0.462. The lowest BCUT2D eigenvalue weighted by molar-refractivity contribution is 0.610. The Morgan fingerprint density at radius 2 is 2.19 bits per heavy atom. The highest BCUT2D eigenvalue weighted by molar-refractivity contribution is 5.59. The number of nitrogens with zero attached hydrogens (tertiary/aromatic N) is 2. The lowest BCUT2D eigenvalue weighted by Gasteiger charge is -2.27. The molecule has 0 aliphatic carbocycles. The van der Waals surface area contributed by atoms with E-state index in [1.54, 1.807) is 6.07 Å². The standard InChI is InChI=1S/C13H17FN2/c1-4-5-10(2)16(3)13-7-6-12(14)8-11(13)9-15/h6-8,10H,4-5H2,1-3H3. The van der Waals surface area contributed by atoms with E-state index in [2.05, 4.69) is 13.8 Å². The molecule has 0 aromatic heterocycles. The van der Waals surface area contributed by atoms with Crippen molar-refractivity contribution >= 4 is 5.69 Å². The van der Waals surface area contributed by atoms with Crippen LogP contribution in [0.15, 0.2) is 18.2 Å². The molecule has 1 atom stereocenters. The van der Waals surface area contributed by atoms with Gasteiger partial charge in [0.15, 0.2) is 0 Å². The minimum atomic E-state index is -0.364. The van der Waals surface area contributed by atoms with Crippen LogP contribution in [-0.2, 0) is 0 Å². The first-order valence-electron chi connectivity index (χ1n) is 5.52. The van der Waals surface area contributed by atoms with Gasteiger partial charge < -0.3 is 4.90 Å². The van der Waals surface area contributed by atoms with Crippen LogP contribution >= 0.6 is 0 Å². The van der Waals surface area contributed by atoms with Gasteiger partial charge in [-0.25, -0.2) is 4.39 Å². The molecule has 1 unspecified atom stereocenters. The van der Waals surface area contributed by atoms with Gasteiger partial charge in [0.2, 0.25) is 0 Å². The highest BCUT2D eigenvalue weighted by Gasteiger charge is 2.13. The van der Waals surface area contributed by atoms with Gasteiger partial charge in [-0.2, -0.15) is 5.26 Å². The van der Waals surface area contributed by atoms with Gasteiger partial charge in [-0.05, 0) is 31.5 Å². The zero-order valence-electron chi connectivity index (χ0n) is 10.00. The van der Waals surface area contributed by atoms with Gasteiger partial charge in [0, 0.05) is 13.1 Å². The molecule has 1 aromatic carbocycles. The molecule has 0 N–H and O–H groups in total. The van der Waals surface area contributed by atoms with E-state index in [0.717, 1.165) is 18.5 Å². The second-order valence-electron chi connectivity index (χ2n) is 4.02. The van der Waals surface area contributed by atoms with E-state index in [1.807, 2.05) is 18.0 Å². The fourth-order valence-electron chi connectivity index (χ4n) is 1.75. The molecule has 0 aliphatic heterocycles. The number of hydrogen-bond acceptors (Lipinski definition) is 2. The second-order valence-corrected chi connectivity index (χ2v) is 4.02. The van der Waals surface area contributed by atoms with Crippen LogP contribution in [0.5, 0.6) is 0 Å². The van der Waals surface area contributed by atoms with Crippen LogP contribution in [0.4, 0.5) is 10.1 Å². The Hall–Kier alpha value is -1.56. The topological polar surface area (TPSA) is 27.0 Å². The van der Waals surface area contributed by atoms with E-state index >= 15 is 0 Å². The third-order valence-corrected chi connectivity index (χ3v) is 2.83. The van der Waals surface area contributed by atoms with Crippen molar-refractivity contribution in [2.24, 2.45) is 0 Å². The number of nitriles is 1. The van der Waals surface area contributed by atoms with Crippen molar-refractivity contribution in [3.05, 3.63) is 29.6 Å². The molecule has 0 heterocycles. The summed E-state index contributed by atoms with van der Waals surface area (Å²) in [5, 5.41) is 8.96. The molecule has 0 radical (unpaired) electrons. The number of rotatable bonds is 4. The van der Waals surface area contributed by atoms with Crippen LogP contribution in [-0.4, -0.2) is 13.1 Å². The third-order valence-electron chi connectivity index (χ3n) is 2.83. The highest BCUT2D eigenvalue weighted by atomic mass is 19.1.